The molecule has 0 radical (unpaired) electrons. The number of aryl methyl sites for hydroxylation is 1. The van der Waals surface area contributed by atoms with Crippen molar-refractivity contribution in [2.45, 2.75) is 13.3 Å². The van der Waals surface area contributed by atoms with Crippen LogP contribution in [0.5, 0.6) is 0 Å². The summed E-state index contributed by atoms with van der Waals surface area (Å²) in [6.45, 7) is 1.99. The molecule has 0 bridgehead atoms. The first kappa shape index (κ1) is 11.3. The Kier molecular flexibility index (Phi) is 3.36. The summed E-state index contributed by atoms with van der Waals surface area (Å²) in [5, 5.41) is 3.79. The molecular formula is C10H9ClFN3S. The Morgan fingerprint density at radius 1 is 1.50 bits per heavy atom. The first-order valence-corrected chi connectivity index (χ1v) is 5.89. The molecule has 0 amide bonds. The minimum atomic E-state index is -0.432. The lowest BCUT2D eigenvalue weighted by Gasteiger charge is -2.02. The molecule has 1 heterocycles. The maximum absolute atomic E-state index is 12.9. The fraction of sp³-hybridized carbons (Fsp3) is 0.200. The number of rotatable bonds is 3. The summed E-state index contributed by atoms with van der Waals surface area (Å²) in [5.41, 5.74) is 0.699. The predicted molar refractivity (Wildman–Crippen MR) is 64.0 cm³/mol. The number of anilines is 2. The van der Waals surface area contributed by atoms with E-state index >= 15 is 0 Å². The molecule has 0 fully saturated rings. The van der Waals surface area contributed by atoms with Gasteiger partial charge in [-0.2, -0.15) is 4.37 Å². The summed E-state index contributed by atoms with van der Waals surface area (Å²) in [5.74, 6) is 0.361. The van der Waals surface area contributed by atoms with E-state index in [0.29, 0.717) is 10.8 Å². The molecule has 0 saturated heterocycles. The van der Waals surface area contributed by atoms with Crippen molar-refractivity contribution in [3.8, 4) is 0 Å². The van der Waals surface area contributed by atoms with Crippen molar-refractivity contribution in [2.75, 3.05) is 5.32 Å². The molecule has 3 nitrogen and oxygen atoms in total. The summed E-state index contributed by atoms with van der Waals surface area (Å²) < 4.78 is 17.0. The Bertz CT molecular complexity index is 501. The number of benzene rings is 1. The number of hydrogen-bond acceptors (Lipinski definition) is 4. The van der Waals surface area contributed by atoms with Crippen LogP contribution in [0.4, 0.5) is 15.2 Å². The van der Waals surface area contributed by atoms with Crippen LogP contribution in [-0.4, -0.2) is 9.36 Å². The summed E-state index contributed by atoms with van der Waals surface area (Å²) in [6.07, 6.45) is 0.794. The molecule has 2 aromatic rings. The average Bonchev–Trinajstić information content (AvgIpc) is 2.71. The van der Waals surface area contributed by atoms with Crippen LogP contribution in [0.3, 0.4) is 0 Å². The van der Waals surface area contributed by atoms with Crippen molar-refractivity contribution in [2.24, 2.45) is 0 Å². The van der Waals surface area contributed by atoms with Gasteiger partial charge in [0.25, 0.3) is 0 Å². The van der Waals surface area contributed by atoms with Crippen LogP contribution in [0.25, 0.3) is 0 Å². The molecule has 0 aliphatic rings. The van der Waals surface area contributed by atoms with E-state index in [4.69, 9.17) is 11.6 Å². The maximum atomic E-state index is 12.9. The van der Waals surface area contributed by atoms with Crippen LogP contribution in [0.2, 0.25) is 5.02 Å². The molecule has 0 aliphatic heterocycles. The van der Waals surface area contributed by atoms with Gasteiger partial charge in [-0.1, -0.05) is 18.5 Å². The standard InChI is InChI=1S/C10H9ClFN3S/c1-2-9-14-10(16-15-9)13-6-3-4-8(12)7(11)5-6/h3-5H,2H2,1H3,(H,13,14,15). The highest BCUT2D eigenvalue weighted by molar-refractivity contribution is 7.09. The summed E-state index contributed by atoms with van der Waals surface area (Å²) in [4.78, 5) is 4.24. The van der Waals surface area contributed by atoms with Crippen LogP contribution >= 0.6 is 23.1 Å². The second kappa shape index (κ2) is 4.76. The second-order valence-electron chi connectivity index (χ2n) is 3.12. The van der Waals surface area contributed by atoms with E-state index in [0.717, 1.165) is 12.2 Å². The largest absolute Gasteiger partial charge is 0.330 e. The molecule has 0 aliphatic carbocycles. The Morgan fingerprint density at radius 2 is 2.31 bits per heavy atom. The molecule has 0 spiro atoms. The molecule has 6 heteroatoms. The number of nitrogens with zero attached hydrogens (tertiary/aromatic N) is 2. The monoisotopic (exact) mass is 257 g/mol. The van der Waals surface area contributed by atoms with Crippen molar-refractivity contribution in [3.63, 3.8) is 0 Å². The number of nitrogens with one attached hydrogen (secondary N) is 1. The highest BCUT2D eigenvalue weighted by Crippen LogP contribution is 2.23. The molecule has 0 saturated carbocycles. The van der Waals surface area contributed by atoms with Gasteiger partial charge in [0.2, 0.25) is 5.13 Å². The van der Waals surface area contributed by atoms with Gasteiger partial charge in [0.05, 0.1) is 5.02 Å². The van der Waals surface area contributed by atoms with Gasteiger partial charge < -0.3 is 5.32 Å². The number of halogens is 2. The Balaban J connectivity index is 2.17. The second-order valence-corrected chi connectivity index (χ2v) is 4.28. The number of aromatic nitrogens is 2. The third kappa shape index (κ3) is 2.48. The third-order valence-electron chi connectivity index (χ3n) is 1.96. The lowest BCUT2D eigenvalue weighted by molar-refractivity contribution is 0.628. The molecule has 2 rings (SSSR count). The molecule has 0 unspecified atom stereocenters. The van der Waals surface area contributed by atoms with Gasteiger partial charge in [-0.3, -0.25) is 0 Å². The zero-order valence-corrected chi connectivity index (χ0v) is 10.1. The zero-order chi connectivity index (χ0) is 11.5. The quantitative estimate of drug-likeness (QED) is 0.912. The van der Waals surface area contributed by atoms with Crippen molar-refractivity contribution in [1.29, 1.82) is 0 Å². The molecule has 1 N–H and O–H groups in total. The van der Waals surface area contributed by atoms with Gasteiger partial charge in [0, 0.05) is 23.6 Å². The predicted octanol–water partition coefficient (Wildman–Crippen LogP) is 3.64. The SMILES string of the molecule is CCc1nsc(Nc2ccc(F)c(Cl)c2)n1. The molecule has 0 atom stereocenters. The normalized spacial score (nSPS) is 10.4. The van der Waals surface area contributed by atoms with E-state index in [2.05, 4.69) is 14.7 Å². The maximum Gasteiger partial charge on any atom is 0.207 e. The smallest absolute Gasteiger partial charge is 0.207 e. The Labute approximate surface area is 101 Å². The Morgan fingerprint density at radius 3 is 2.94 bits per heavy atom. The highest BCUT2D eigenvalue weighted by Gasteiger charge is 2.04. The lowest BCUT2D eigenvalue weighted by Crippen LogP contribution is -1.91. The summed E-state index contributed by atoms with van der Waals surface area (Å²) >= 11 is 6.93. The topological polar surface area (TPSA) is 37.8 Å². The molecule has 1 aromatic carbocycles. The van der Waals surface area contributed by atoms with E-state index in [-0.39, 0.29) is 5.02 Å². The van der Waals surface area contributed by atoms with Crippen LogP contribution in [0, 0.1) is 5.82 Å². The van der Waals surface area contributed by atoms with Gasteiger partial charge >= 0.3 is 0 Å². The van der Waals surface area contributed by atoms with Crippen molar-refractivity contribution < 1.29 is 4.39 Å². The summed E-state index contributed by atoms with van der Waals surface area (Å²) in [6, 6.07) is 4.44. The minimum Gasteiger partial charge on any atom is -0.330 e. The first-order valence-electron chi connectivity index (χ1n) is 4.73. The fourth-order valence-electron chi connectivity index (χ4n) is 1.15. The van der Waals surface area contributed by atoms with Crippen LogP contribution < -0.4 is 5.32 Å². The van der Waals surface area contributed by atoms with E-state index in [1.807, 2.05) is 6.92 Å². The van der Waals surface area contributed by atoms with E-state index in [9.17, 15) is 4.39 Å². The zero-order valence-electron chi connectivity index (χ0n) is 8.50. The van der Waals surface area contributed by atoms with E-state index in [1.54, 1.807) is 6.07 Å². The minimum absolute atomic E-state index is 0.0882. The van der Waals surface area contributed by atoms with Gasteiger partial charge in [-0.05, 0) is 18.2 Å². The molecule has 16 heavy (non-hydrogen) atoms. The lowest BCUT2D eigenvalue weighted by atomic mass is 10.3. The molecule has 84 valence electrons. The molecular weight excluding hydrogens is 249 g/mol. The van der Waals surface area contributed by atoms with Gasteiger partial charge in [-0.15, -0.1) is 0 Å². The third-order valence-corrected chi connectivity index (χ3v) is 2.91. The Hall–Kier alpha value is -1.20. The van der Waals surface area contributed by atoms with Crippen molar-refractivity contribution in [1.82, 2.24) is 9.36 Å². The van der Waals surface area contributed by atoms with Crippen LogP contribution in [-0.2, 0) is 6.42 Å². The van der Waals surface area contributed by atoms with Gasteiger partial charge in [0.15, 0.2) is 0 Å². The van der Waals surface area contributed by atoms with Gasteiger partial charge in [-0.25, -0.2) is 9.37 Å². The highest BCUT2D eigenvalue weighted by atomic mass is 35.5. The van der Waals surface area contributed by atoms with Crippen molar-refractivity contribution in [3.05, 3.63) is 34.9 Å². The van der Waals surface area contributed by atoms with Crippen molar-refractivity contribution >= 4 is 34.0 Å². The summed E-state index contributed by atoms with van der Waals surface area (Å²) in [7, 11) is 0. The number of hydrogen-bond donors (Lipinski definition) is 1. The first-order chi connectivity index (χ1) is 7.69. The van der Waals surface area contributed by atoms with E-state index in [1.165, 1.54) is 23.7 Å². The molecule has 1 aromatic heterocycles. The fourth-order valence-corrected chi connectivity index (χ4v) is 2.00. The van der Waals surface area contributed by atoms with Crippen LogP contribution in [0.15, 0.2) is 18.2 Å². The van der Waals surface area contributed by atoms with Gasteiger partial charge in [0.1, 0.15) is 11.6 Å². The average molecular weight is 258 g/mol. The van der Waals surface area contributed by atoms with Crippen LogP contribution in [0.1, 0.15) is 12.7 Å². The van der Waals surface area contributed by atoms with E-state index < -0.39 is 5.82 Å².